The number of rotatable bonds is 8. The molecular weight excluding hydrogens is 384 g/mol. The zero-order valence-corrected chi connectivity index (χ0v) is 15.5. The highest BCUT2D eigenvalue weighted by molar-refractivity contribution is 6.01. The number of fused-ring (bicyclic) bond motifs is 1. The number of benzene rings is 1. The van der Waals surface area contributed by atoms with E-state index in [4.69, 9.17) is 10.2 Å². The summed E-state index contributed by atoms with van der Waals surface area (Å²) >= 11 is 0. The Labute approximate surface area is 163 Å². The minimum absolute atomic E-state index is 0.0288. The molecule has 3 rings (SSSR count). The molecule has 0 aliphatic carbocycles. The van der Waals surface area contributed by atoms with Crippen LogP contribution in [0.1, 0.15) is 30.3 Å². The number of hydrogen-bond donors (Lipinski definition) is 2. The average Bonchev–Trinajstić information content (AvgIpc) is 3.21. The Morgan fingerprint density at radius 3 is 2.79 bits per heavy atom. The first-order chi connectivity index (χ1) is 13.8. The minimum atomic E-state index is -0.752. The van der Waals surface area contributed by atoms with E-state index in [9.17, 15) is 24.5 Å². The number of anilines is 1. The highest BCUT2D eigenvalue weighted by Gasteiger charge is 2.17. The van der Waals surface area contributed by atoms with Gasteiger partial charge in [0.25, 0.3) is 11.6 Å². The van der Waals surface area contributed by atoms with E-state index in [0.717, 1.165) is 0 Å². The van der Waals surface area contributed by atoms with Crippen LogP contribution in [-0.4, -0.2) is 31.1 Å². The van der Waals surface area contributed by atoms with Gasteiger partial charge in [-0.3, -0.25) is 29.0 Å². The van der Waals surface area contributed by atoms with Crippen LogP contribution in [0.5, 0.6) is 0 Å². The maximum atomic E-state index is 12.2. The van der Waals surface area contributed by atoms with E-state index in [1.807, 2.05) is 6.92 Å². The molecule has 12 heteroatoms. The molecule has 0 saturated carbocycles. The van der Waals surface area contributed by atoms with Crippen LogP contribution in [0.15, 0.2) is 33.6 Å². The number of carbonyl (C=O) groups excluding carboxylic acids is 2. The topological polar surface area (TPSA) is 168 Å². The molecule has 1 aromatic carbocycles. The molecule has 0 aliphatic rings. The van der Waals surface area contributed by atoms with Crippen molar-refractivity contribution in [3.8, 4) is 0 Å². The Kier molecular flexibility index (Phi) is 5.43. The lowest BCUT2D eigenvalue weighted by Crippen LogP contribution is -2.19. The molecule has 0 aliphatic heterocycles. The minimum Gasteiger partial charge on any atom is -0.407 e. The fraction of sp³-hybridized carbons (Fsp3) is 0.294. The first-order valence-electron chi connectivity index (χ1n) is 8.75. The number of amides is 2. The molecule has 0 radical (unpaired) electrons. The Balaban J connectivity index is 1.66. The van der Waals surface area contributed by atoms with E-state index < -0.39 is 16.6 Å². The van der Waals surface area contributed by atoms with Crippen molar-refractivity contribution in [1.29, 1.82) is 0 Å². The molecule has 152 valence electrons. The van der Waals surface area contributed by atoms with E-state index in [2.05, 4.69) is 10.4 Å². The third-order valence-electron chi connectivity index (χ3n) is 4.24. The standard InChI is InChI=1S/C17H18N6O6/c1-2-21-9-11(15(20-21)16(18)25)19-14(24)4-3-7-22-12-6-5-10(23(27)28)8-13(12)29-17(22)26/h5-6,8-9H,2-4,7H2,1H3,(H2,18,25)(H,19,24). The van der Waals surface area contributed by atoms with Crippen molar-refractivity contribution < 1.29 is 18.9 Å². The zero-order chi connectivity index (χ0) is 21.1. The number of aromatic nitrogens is 3. The van der Waals surface area contributed by atoms with Crippen molar-refractivity contribution in [3.05, 3.63) is 50.8 Å². The van der Waals surface area contributed by atoms with Crippen LogP contribution in [0.3, 0.4) is 0 Å². The maximum absolute atomic E-state index is 12.2. The molecule has 0 unspecified atom stereocenters. The van der Waals surface area contributed by atoms with E-state index in [-0.39, 0.29) is 41.5 Å². The maximum Gasteiger partial charge on any atom is 0.419 e. The molecule has 2 amide bonds. The number of oxazole rings is 1. The molecule has 3 aromatic rings. The van der Waals surface area contributed by atoms with Crippen molar-refractivity contribution in [1.82, 2.24) is 14.3 Å². The summed E-state index contributed by atoms with van der Waals surface area (Å²) in [7, 11) is 0. The Morgan fingerprint density at radius 2 is 2.14 bits per heavy atom. The number of nitrogens with two attached hydrogens (primary N) is 1. The van der Waals surface area contributed by atoms with E-state index >= 15 is 0 Å². The predicted molar refractivity (Wildman–Crippen MR) is 101 cm³/mol. The molecule has 0 fully saturated rings. The van der Waals surface area contributed by atoms with Gasteiger partial charge in [0.1, 0.15) is 0 Å². The van der Waals surface area contributed by atoms with Gasteiger partial charge < -0.3 is 15.5 Å². The Morgan fingerprint density at radius 1 is 1.38 bits per heavy atom. The third kappa shape index (κ3) is 4.15. The number of aryl methyl sites for hydroxylation is 2. The predicted octanol–water partition coefficient (Wildman–Crippen LogP) is 1.24. The second kappa shape index (κ2) is 7.96. The molecule has 0 saturated heterocycles. The molecule has 2 aromatic heterocycles. The quantitative estimate of drug-likeness (QED) is 0.422. The van der Waals surface area contributed by atoms with Crippen LogP contribution in [0.2, 0.25) is 0 Å². The van der Waals surface area contributed by atoms with Gasteiger partial charge in [0.05, 0.1) is 22.2 Å². The molecule has 12 nitrogen and oxygen atoms in total. The fourth-order valence-corrected chi connectivity index (χ4v) is 2.85. The number of nitrogens with zero attached hydrogens (tertiary/aromatic N) is 4. The van der Waals surface area contributed by atoms with Gasteiger partial charge in [-0.25, -0.2) is 4.79 Å². The molecule has 0 spiro atoms. The van der Waals surface area contributed by atoms with Crippen molar-refractivity contribution in [2.45, 2.75) is 32.9 Å². The van der Waals surface area contributed by atoms with Crippen LogP contribution in [0.25, 0.3) is 11.1 Å². The first-order valence-corrected chi connectivity index (χ1v) is 8.75. The molecule has 29 heavy (non-hydrogen) atoms. The van der Waals surface area contributed by atoms with Gasteiger partial charge in [-0.2, -0.15) is 5.10 Å². The number of primary amides is 1. The monoisotopic (exact) mass is 402 g/mol. The summed E-state index contributed by atoms with van der Waals surface area (Å²) < 4.78 is 7.82. The number of carbonyl (C=O) groups is 2. The number of nitro benzene ring substituents is 1. The fourth-order valence-electron chi connectivity index (χ4n) is 2.85. The molecule has 0 bridgehead atoms. The highest BCUT2D eigenvalue weighted by atomic mass is 16.6. The van der Waals surface area contributed by atoms with Gasteiger partial charge in [-0.15, -0.1) is 0 Å². The van der Waals surface area contributed by atoms with E-state index in [1.165, 1.54) is 33.6 Å². The summed E-state index contributed by atoms with van der Waals surface area (Å²) in [6.45, 7) is 2.50. The van der Waals surface area contributed by atoms with E-state index in [0.29, 0.717) is 18.5 Å². The smallest absolute Gasteiger partial charge is 0.407 e. The van der Waals surface area contributed by atoms with Crippen LogP contribution in [0.4, 0.5) is 11.4 Å². The van der Waals surface area contributed by atoms with Crippen molar-refractivity contribution in [2.75, 3.05) is 5.32 Å². The van der Waals surface area contributed by atoms with Gasteiger partial charge in [0, 0.05) is 31.8 Å². The highest BCUT2D eigenvalue weighted by Crippen LogP contribution is 2.20. The molecular formula is C17H18N6O6. The van der Waals surface area contributed by atoms with Crippen molar-refractivity contribution in [3.63, 3.8) is 0 Å². The molecule has 3 N–H and O–H groups in total. The summed E-state index contributed by atoms with van der Waals surface area (Å²) in [5, 5.41) is 17.4. The summed E-state index contributed by atoms with van der Waals surface area (Å²) in [4.78, 5) is 45.9. The van der Waals surface area contributed by atoms with Gasteiger partial charge in [0.15, 0.2) is 11.3 Å². The van der Waals surface area contributed by atoms with Crippen LogP contribution >= 0.6 is 0 Å². The zero-order valence-electron chi connectivity index (χ0n) is 15.5. The summed E-state index contributed by atoms with van der Waals surface area (Å²) in [5.41, 5.74) is 5.78. The van der Waals surface area contributed by atoms with E-state index in [1.54, 1.807) is 0 Å². The summed E-state index contributed by atoms with van der Waals surface area (Å²) in [5.74, 6) is -1.79. The third-order valence-corrected chi connectivity index (χ3v) is 4.24. The van der Waals surface area contributed by atoms with Gasteiger partial charge in [0.2, 0.25) is 5.91 Å². The largest absolute Gasteiger partial charge is 0.419 e. The molecule has 0 atom stereocenters. The molecule has 2 heterocycles. The number of non-ortho nitro benzene ring substituents is 1. The SMILES string of the molecule is CCn1cc(NC(=O)CCCn2c(=O)oc3cc([N+](=O)[O-])ccc32)c(C(N)=O)n1. The first kappa shape index (κ1) is 19.8. The number of nitrogens with one attached hydrogen (secondary N) is 1. The van der Waals surface area contributed by atoms with Crippen molar-refractivity contribution >= 4 is 34.3 Å². The summed E-state index contributed by atoms with van der Waals surface area (Å²) in [6, 6.07) is 3.88. The second-order valence-corrected chi connectivity index (χ2v) is 6.19. The van der Waals surface area contributed by atoms with Crippen LogP contribution in [0, 0.1) is 10.1 Å². The van der Waals surface area contributed by atoms with Crippen LogP contribution in [-0.2, 0) is 17.9 Å². The van der Waals surface area contributed by atoms with Crippen molar-refractivity contribution in [2.24, 2.45) is 5.73 Å². The lowest BCUT2D eigenvalue weighted by Gasteiger charge is -2.05. The number of hydrogen-bond acceptors (Lipinski definition) is 7. The Bertz CT molecular complexity index is 1160. The number of nitro groups is 1. The van der Waals surface area contributed by atoms with Gasteiger partial charge in [-0.1, -0.05) is 0 Å². The lowest BCUT2D eigenvalue weighted by molar-refractivity contribution is -0.384. The van der Waals surface area contributed by atoms with Gasteiger partial charge in [-0.05, 0) is 19.4 Å². The average molecular weight is 402 g/mol. The lowest BCUT2D eigenvalue weighted by atomic mass is 10.2. The Hall–Kier alpha value is -3.96. The second-order valence-electron chi connectivity index (χ2n) is 6.19. The summed E-state index contributed by atoms with van der Waals surface area (Å²) in [6.07, 6.45) is 1.87. The van der Waals surface area contributed by atoms with Gasteiger partial charge >= 0.3 is 5.76 Å². The normalized spacial score (nSPS) is 10.9. The van der Waals surface area contributed by atoms with Crippen LogP contribution < -0.4 is 16.8 Å².